The highest BCUT2D eigenvalue weighted by molar-refractivity contribution is 5.35. The van der Waals surface area contributed by atoms with Crippen molar-refractivity contribution in [3.8, 4) is 5.75 Å². The van der Waals surface area contributed by atoms with Crippen LogP contribution < -0.4 is 27.4 Å². The Labute approximate surface area is 207 Å². The molecule has 0 spiro atoms. The predicted molar refractivity (Wildman–Crippen MR) is 122 cm³/mol. The molecule has 2 aromatic heterocycles. The van der Waals surface area contributed by atoms with Crippen molar-refractivity contribution < 1.29 is 44.8 Å². The van der Waals surface area contributed by atoms with Gasteiger partial charge in [0.05, 0.1) is 26.5 Å². The van der Waals surface area contributed by atoms with Crippen molar-refractivity contribution in [2.24, 2.45) is 0 Å². The maximum Gasteiger partial charge on any atom is 0.351 e. The first-order chi connectivity index (χ1) is 17.4. The fourth-order valence-electron chi connectivity index (χ4n) is 3.78. The molecule has 0 aliphatic carbocycles. The smallest absolute Gasteiger partial charge is 0.351 e. The maximum atomic E-state index is 11.7. The topological polar surface area (TPSA) is 265 Å². The first kappa shape index (κ1) is 28.4. The second-order valence-electron chi connectivity index (χ2n) is 8.32. The number of aliphatic hydroxyl groups excluding tert-OH is 6. The summed E-state index contributed by atoms with van der Waals surface area (Å²) in [5, 5.41) is 56.7. The minimum atomic E-state index is -1.41. The van der Waals surface area contributed by atoms with E-state index < -0.39 is 79.2 Å². The van der Waals surface area contributed by atoms with Crippen LogP contribution in [0.3, 0.4) is 0 Å². The van der Waals surface area contributed by atoms with E-state index in [-0.39, 0.29) is 11.6 Å². The van der Waals surface area contributed by atoms with Crippen LogP contribution in [0.4, 0.5) is 5.82 Å². The van der Waals surface area contributed by atoms with Crippen LogP contribution in [0.1, 0.15) is 18.0 Å². The Morgan fingerprint density at radius 2 is 1.46 bits per heavy atom. The quantitative estimate of drug-likeness (QED) is 0.179. The zero-order valence-electron chi connectivity index (χ0n) is 19.7. The van der Waals surface area contributed by atoms with E-state index in [1.54, 1.807) is 6.92 Å². The number of aliphatic hydroxyl groups is 6. The standard InChI is InChI=1S/C10H15N3O5.C10H14N2O7/c1-4-2-13(10(17)12-8(4)11)9-7(16)6(15)5(3-14)18-9;1-18-4-2-12(10(17)11-8(4)16)9-7(15)6(14)5(3-13)19-9/h2,5-7,9,14-16H,3H2,1H3,(H2,11,12,17);2,5-7,9,13-15H,3H2,1H3,(H,11,16,17)/t2*5-,6-,7-,9-/m11/s1. The number of rotatable bonds is 5. The summed E-state index contributed by atoms with van der Waals surface area (Å²) in [5.74, 6) is -0.0414. The van der Waals surface area contributed by atoms with E-state index in [0.717, 1.165) is 15.3 Å². The lowest BCUT2D eigenvalue weighted by atomic mass is 10.1. The first-order valence-electron chi connectivity index (χ1n) is 10.9. The van der Waals surface area contributed by atoms with Gasteiger partial charge in [-0.1, -0.05) is 0 Å². The van der Waals surface area contributed by atoms with Crippen LogP contribution in [0.5, 0.6) is 5.75 Å². The van der Waals surface area contributed by atoms with E-state index >= 15 is 0 Å². The van der Waals surface area contributed by atoms with E-state index in [1.165, 1.54) is 13.3 Å². The zero-order valence-corrected chi connectivity index (χ0v) is 19.7. The zero-order chi connectivity index (χ0) is 27.6. The molecule has 2 saturated heterocycles. The van der Waals surface area contributed by atoms with Crippen molar-refractivity contribution in [3.05, 3.63) is 49.3 Å². The van der Waals surface area contributed by atoms with Gasteiger partial charge in [-0.2, -0.15) is 4.98 Å². The number of aryl methyl sites for hydroxylation is 1. The van der Waals surface area contributed by atoms with Crippen LogP contribution in [-0.2, 0) is 9.47 Å². The molecule has 0 amide bonds. The van der Waals surface area contributed by atoms with Gasteiger partial charge < -0.3 is 50.6 Å². The molecule has 37 heavy (non-hydrogen) atoms. The highest BCUT2D eigenvalue weighted by Gasteiger charge is 2.44. The fraction of sp³-hybridized carbons (Fsp3) is 0.600. The minimum absolute atomic E-state index is 0.1000. The molecule has 4 heterocycles. The summed E-state index contributed by atoms with van der Waals surface area (Å²) in [5.41, 5.74) is 3.82. The molecular weight excluding hydrogens is 502 g/mol. The Balaban J connectivity index is 0.000000206. The third-order valence-corrected chi connectivity index (χ3v) is 5.91. The lowest BCUT2D eigenvalue weighted by Crippen LogP contribution is -2.38. The van der Waals surface area contributed by atoms with Crippen molar-refractivity contribution in [2.45, 2.75) is 56.0 Å². The molecule has 2 fully saturated rings. The molecule has 0 aromatic carbocycles. The van der Waals surface area contributed by atoms with Gasteiger partial charge in [-0.25, -0.2) is 9.59 Å². The molecular formula is C20H29N5O12. The average Bonchev–Trinajstić information content (AvgIpc) is 3.31. The van der Waals surface area contributed by atoms with Crippen LogP contribution in [0.2, 0.25) is 0 Å². The maximum absolute atomic E-state index is 11.7. The molecule has 4 rings (SSSR count). The Morgan fingerprint density at radius 1 is 0.946 bits per heavy atom. The van der Waals surface area contributed by atoms with Gasteiger partial charge in [0.25, 0.3) is 5.56 Å². The molecule has 8 atom stereocenters. The second-order valence-corrected chi connectivity index (χ2v) is 8.32. The first-order valence-corrected chi connectivity index (χ1v) is 10.9. The third kappa shape index (κ3) is 5.58. The van der Waals surface area contributed by atoms with E-state index in [4.69, 9.17) is 30.2 Å². The highest BCUT2D eigenvalue weighted by atomic mass is 16.6. The van der Waals surface area contributed by atoms with E-state index in [2.05, 4.69) is 4.98 Å². The molecule has 2 aliphatic heterocycles. The molecule has 9 N–H and O–H groups in total. The number of anilines is 1. The Kier molecular flexibility index (Phi) is 8.82. The van der Waals surface area contributed by atoms with Crippen molar-refractivity contribution in [1.82, 2.24) is 19.1 Å². The van der Waals surface area contributed by atoms with Gasteiger partial charge in [-0.05, 0) is 6.92 Å². The second kappa shape index (κ2) is 11.5. The van der Waals surface area contributed by atoms with Crippen molar-refractivity contribution in [1.29, 1.82) is 0 Å². The van der Waals surface area contributed by atoms with Gasteiger partial charge in [0.1, 0.15) is 42.4 Å². The molecule has 17 heteroatoms. The molecule has 2 aliphatic rings. The van der Waals surface area contributed by atoms with Gasteiger partial charge in [-0.15, -0.1) is 0 Å². The Morgan fingerprint density at radius 3 is 1.92 bits per heavy atom. The predicted octanol–water partition coefficient (Wildman–Crippen LogP) is -5.10. The van der Waals surface area contributed by atoms with E-state index in [0.29, 0.717) is 5.56 Å². The average molecular weight is 531 g/mol. The number of nitrogens with zero attached hydrogens (tertiary/aromatic N) is 3. The minimum Gasteiger partial charge on any atom is -0.490 e. The summed E-state index contributed by atoms with van der Waals surface area (Å²) in [7, 11) is 1.25. The van der Waals surface area contributed by atoms with Gasteiger partial charge >= 0.3 is 11.4 Å². The van der Waals surface area contributed by atoms with Crippen molar-refractivity contribution in [2.75, 3.05) is 26.1 Å². The third-order valence-electron chi connectivity index (χ3n) is 5.91. The van der Waals surface area contributed by atoms with Gasteiger partial charge in [0.15, 0.2) is 12.5 Å². The van der Waals surface area contributed by atoms with Gasteiger partial charge in [-0.3, -0.25) is 18.9 Å². The van der Waals surface area contributed by atoms with Crippen molar-refractivity contribution >= 4 is 5.82 Å². The summed E-state index contributed by atoms with van der Waals surface area (Å²) in [6.07, 6.45) is -7.10. The monoisotopic (exact) mass is 531 g/mol. The summed E-state index contributed by atoms with van der Waals surface area (Å²) < 4.78 is 17.1. The SMILES string of the molecule is COc1cn([C@@H]2O[C@H](CO)[C@@H](O)[C@H]2O)c(=O)[nH]c1=O.Cc1cn([C@@H]2O[C@H](CO)[C@@H](O)[C@H]2O)c(=O)nc1N. The number of H-pyrrole nitrogens is 1. The number of methoxy groups -OCH3 is 1. The van der Waals surface area contributed by atoms with E-state index in [9.17, 15) is 34.8 Å². The molecule has 0 radical (unpaired) electrons. The Bertz CT molecular complexity index is 1260. The number of hydrogen-bond acceptors (Lipinski definition) is 14. The lowest BCUT2D eigenvalue weighted by molar-refractivity contribution is -0.0552. The molecule has 206 valence electrons. The van der Waals surface area contributed by atoms with Crippen LogP contribution >= 0.6 is 0 Å². The number of aromatic amines is 1. The summed E-state index contributed by atoms with van der Waals surface area (Å²) in [6, 6.07) is 0. The van der Waals surface area contributed by atoms with Gasteiger partial charge in [0.2, 0.25) is 5.75 Å². The Hall–Kier alpha value is -3.16. The highest BCUT2D eigenvalue weighted by Crippen LogP contribution is 2.29. The fourth-order valence-corrected chi connectivity index (χ4v) is 3.78. The summed E-state index contributed by atoms with van der Waals surface area (Å²) in [6.45, 7) is 0.689. The van der Waals surface area contributed by atoms with Crippen LogP contribution in [0, 0.1) is 6.92 Å². The summed E-state index contributed by atoms with van der Waals surface area (Å²) in [4.78, 5) is 40.2. The summed E-state index contributed by atoms with van der Waals surface area (Å²) >= 11 is 0. The van der Waals surface area contributed by atoms with E-state index in [1.807, 2.05) is 4.98 Å². The normalized spacial score (nSPS) is 31.1. The number of aromatic nitrogens is 4. The number of ether oxygens (including phenoxy) is 3. The number of nitrogens with two attached hydrogens (primary N) is 1. The molecule has 0 bridgehead atoms. The molecule has 2 aromatic rings. The van der Waals surface area contributed by atoms with Gasteiger partial charge in [0, 0.05) is 11.8 Å². The number of nitrogen functional groups attached to an aromatic ring is 1. The number of hydrogen-bond donors (Lipinski definition) is 8. The van der Waals surface area contributed by atoms with Crippen LogP contribution in [-0.4, -0.2) is 107 Å². The lowest BCUT2D eigenvalue weighted by Gasteiger charge is -2.17. The molecule has 0 saturated carbocycles. The molecule has 17 nitrogen and oxygen atoms in total. The largest absolute Gasteiger partial charge is 0.490 e. The van der Waals surface area contributed by atoms with Crippen LogP contribution in [0.15, 0.2) is 26.8 Å². The molecule has 0 unspecified atom stereocenters. The number of nitrogens with one attached hydrogen (secondary N) is 1. The van der Waals surface area contributed by atoms with Crippen LogP contribution in [0.25, 0.3) is 0 Å². The van der Waals surface area contributed by atoms with Crippen molar-refractivity contribution in [3.63, 3.8) is 0 Å².